The zero-order chi connectivity index (χ0) is 18.8. The first-order valence-electron chi connectivity index (χ1n) is 8.34. The van der Waals surface area contributed by atoms with Gasteiger partial charge in [0.15, 0.2) is 12.4 Å². The van der Waals surface area contributed by atoms with Crippen molar-refractivity contribution < 1.29 is 22.8 Å². The zero-order valence-corrected chi connectivity index (χ0v) is 14.8. The van der Waals surface area contributed by atoms with E-state index in [-0.39, 0.29) is 18.4 Å². The Morgan fingerprint density at radius 3 is 2.70 bits per heavy atom. The van der Waals surface area contributed by atoms with Crippen LogP contribution in [-0.4, -0.2) is 20.7 Å². The van der Waals surface area contributed by atoms with E-state index in [1.54, 1.807) is 24.5 Å². The van der Waals surface area contributed by atoms with Gasteiger partial charge in [0.1, 0.15) is 5.76 Å². The van der Waals surface area contributed by atoms with E-state index in [1.807, 2.05) is 30.5 Å². The Hall–Kier alpha value is -3.55. The minimum Gasteiger partial charge on any atom is -0.467 e. The van der Waals surface area contributed by atoms with Crippen molar-refractivity contribution in [2.45, 2.75) is 27.0 Å². The molecule has 0 fully saturated rings. The van der Waals surface area contributed by atoms with Gasteiger partial charge >= 0.3 is 5.97 Å². The standard InChI is InChI=1S/C19H17N3O5/c1-12-9-15(13(2)22(12)10-14-5-3-7-24-14)19(23)26-11-17-20-21-18(27-17)16-6-4-8-25-16/h3-9H,10-11H2,1-2H3. The van der Waals surface area contributed by atoms with Crippen LogP contribution < -0.4 is 0 Å². The highest BCUT2D eigenvalue weighted by Gasteiger charge is 2.19. The van der Waals surface area contributed by atoms with Gasteiger partial charge in [-0.2, -0.15) is 0 Å². The first-order valence-corrected chi connectivity index (χ1v) is 8.34. The first-order chi connectivity index (χ1) is 13.1. The maximum Gasteiger partial charge on any atom is 0.340 e. The molecule has 0 atom stereocenters. The van der Waals surface area contributed by atoms with Gasteiger partial charge in [-0.15, -0.1) is 10.2 Å². The quantitative estimate of drug-likeness (QED) is 0.479. The smallest absolute Gasteiger partial charge is 0.340 e. The molecule has 8 heteroatoms. The Bertz CT molecular complexity index is 1040. The van der Waals surface area contributed by atoms with Gasteiger partial charge in [0, 0.05) is 11.4 Å². The number of carbonyl (C=O) groups excluding carboxylic acids is 1. The lowest BCUT2D eigenvalue weighted by Crippen LogP contribution is -2.08. The fourth-order valence-corrected chi connectivity index (χ4v) is 2.83. The summed E-state index contributed by atoms with van der Waals surface area (Å²) in [5.74, 6) is 1.25. The molecule has 0 aromatic carbocycles. The molecule has 0 saturated heterocycles. The molecule has 8 nitrogen and oxygen atoms in total. The minimum absolute atomic E-state index is 0.117. The second-order valence-electron chi connectivity index (χ2n) is 6.00. The van der Waals surface area contributed by atoms with E-state index in [2.05, 4.69) is 10.2 Å². The van der Waals surface area contributed by atoms with Crippen molar-refractivity contribution in [1.82, 2.24) is 14.8 Å². The monoisotopic (exact) mass is 367 g/mol. The van der Waals surface area contributed by atoms with Gasteiger partial charge in [0.05, 0.1) is 24.6 Å². The van der Waals surface area contributed by atoms with Crippen molar-refractivity contribution >= 4 is 5.97 Å². The molecular weight excluding hydrogens is 350 g/mol. The van der Waals surface area contributed by atoms with Crippen molar-refractivity contribution in [2.75, 3.05) is 0 Å². The molecule has 0 unspecified atom stereocenters. The average Bonchev–Trinajstić information content (AvgIpc) is 3.43. The molecule has 0 N–H and O–H groups in total. The van der Waals surface area contributed by atoms with Crippen LogP contribution in [0.1, 0.15) is 33.4 Å². The molecule has 4 aromatic rings. The summed E-state index contributed by atoms with van der Waals surface area (Å²) in [5, 5.41) is 7.73. The fourth-order valence-electron chi connectivity index (χ4n) is 2.83. The van der Waals surface area contributed by atoms with E-state index in [1.165, 1.54) is 6.26 Å². The number of hydrogen-bond acceptors (Lipinski definition) is 7. The number of furan rings is 2. The molecule has 4 rings (SSSR count). The SMILES string of the molecule is Cc1cc(C(=O)OCc2nnc(-c3ccco3)o2)c(C)n1Cc1ccco1. The molecule has 0 saturated carbocycles. The Balaban J connectivity index is 1.44. The maximum absolute atomic E-state index is 12.5. The lowest BCUT2D eigenvalue weighted by molar-refractivity contribution is 0.0437. The molecule has 27 heavy (non-hydrogen) atoms. The van der Waals surface area contributed by atoms with Crippen LogP contribution in [0.3, 0.4) is 0 Å². The summed E-state index contributed by atoms with van der Waals surface area (Å²) < 4.78 is 23.3. The van der Waals surface area contributed by atoms with Gasteiger partial charge in [-0.05, 0) is 44.2 Å². The zero-order valence-electron chi connectivity index (χ0n) is 14.8. The molecule has 4 heterocycles. The van der Waals surface area contributed by atoms with Crippen molar-refractivity contribution in [2.24, 2.45) is 0 Å². The fraction of sp³-hybridized carbons (Fsp3) is 0.211. The molecule has 0 bridgehead atoms. The van der Waals surface area contributed by atoms with Crippen LogP contribution in [-0.2, 0) is 17.9 Å². The van der Waals surface area contributed by atoms with E-state index in [9.17, 15) is 4.79 Å². The summed E-state index contributed by atoms with van der Waals surface area (Å²) in [6, 6.07) is 8.95. The van der Waals surface area contributed by atoms with Gasteiger partial charge in [-0.25, -0.2) is 4.79 Å². The predicted octanol–water partition coefficient (Wildman–Crippen LogP) is 3.75. The van der Waals surface area contributed by atoms with E-state index in [4.69, 9.17) is 18.0 Å². The van der Waals surface area contributed by atoms with E-state index in [0.717, 1.165) is 17.1 Å². The molecular formula is C19H17N3O5. The van der Waals surface area contributed by atoms with Crippen LogP contribution in [0.4, 0.5) is 0 Å². The Kier molecular flexibility index (Phi) is 4.37. The molecule has 4 aromatic heterocycles. The van der Waals surface area contributed by atoms with Crippen LogP contribution in [0, 0.1) is 13.8 Å². The average molecular weight is 367 g/mol. The third-order valence-corrected chi connectivity index (χ3v) is 4.21. The van der Waals surface area contributed by atoms with Crippen LogP contribution in [0.5, 0.6) is 0 Å². The Morgan fingerprint density at radius 2 is 1.96 bits per heavy atom. The third-order valence-electron chi connectivity index (χ3n) is 4.21. The third kappa shape index (κ3) is 3.41. The maximum atomic E-state index is 12.5. The topological polar surface area (TPSA) is 96.4 Å². The van der Waals surface area contributed by atoms with Crippen molar-refractivity contribution in [3.63, 3.8) is 0 Å². The summed E-state index contributed by atoms with van der Waals surface area (Å²) >= 11 is 0. The molecule has 0 spiro atoms. The summed E-state index contributed by atoms with van der Waals surface area (Å²) in [5.41, 5.74) is 2.23. The van der Waals surface area contributed by atoms with E-state index < -0.39 is 5.97 Å². The number of carbonyl (C=O) groups is 1. The largest absolute Gasteiger partial charge is 0.467 e. The van der Waals surface area contributed by atoms with Crippen LogP contribution in [0.2, 0.25) is 0 Å². The second-order valence-corrected chi connectivity index (χ2v) is 6.00. The lowest BCUT2D eigenvalue weighted by Gasteiger charge is -2.07. The Morgan fingerprint density at radius 1 is 1.15 bits per heavy atom. The van der Waals surface area contributed by atoms with Gasteiger partial charge in [-0.1, -0.05) is 0 Å². The summed E-state index contributed by atoms with van der Waals surface area (Å²) in [4.78, 5) is 12.5. The number of nitrogens with zero attached hydrogens (tertiary/aromatic N) is 3. The minimum atomic E-state index is -0.452. The number of aryl methyl sites for hydroxylation is 1. The molecule has 138 valence electrons. The highest BCUT2D eigenvalue weighted by molar-refractivity contribution is 5.91. The Labute approximate surface area is 154 Å². The predicted molar refractivity (Wildman–Crippen MR) is 92.8 cm³/mol. The second kappa shape index (κ2) is 6.99. The van der Waals surface area contributed by atoms with Crippen molar-refractivity contribution in [3.05, 3.63) is 71.5 Å². The number of aromatic nitrogens is 3. The number of ether oxygens (including phenoxy) is 1. The van der Waals surface area contributed by atoms with Crippen LogP contribution in [0.25, 0.3) is 11.7 Å². The molecule has 0 amide bonds. The van der Waals surface area contributed by atoms with Crippen LogP contribution in [0.15, 0.2) is 56.1 Å². The van der Waals surface area contributed by atoms with Crippen LogP contribution >= 0.6 is 0 Å². The van der Waals surface area contributed by atoms with Gasteiger partial charge < -0.3 is 22.6 Å². The number of rotatable bonds is 6. The molecule has 0 aliphatic rings. The molecule has 0 aliphatic carbocycles. The highest BCUT2D eigenvalue weighted by atomic mass is 16.5. The molecule has 0 aliphatic heterocycles. The van der Waals surface area contributed by atoms with E-state index >= 15 is 0 Å². The van der Waals surface area contributed by atoms with Gasteiger partial charge in [0.25, 0.3) is 11.8 Å². The van der Waals surface area contributed by atoms with Crippen molar-refractivity contribution in [1.29, 1.82) is 0 Å². The lowest BCUT2D eigenvalue weighted by atomic mass is 10.2. The highest BCUT2D eigenvalue weighted by Crippen LogP contribution is 2.20. The first kappa shape index (κ1) is 16.9. The number of esters is 1. The summed E-state index contributed by atoms with van der Waals surface area (Å²) in [6.45, 7) is 4.23. The normalized spacial score (nSPS) is 11.0. The van der Waals surface area contributed by atoms with Gasteiger partial charge in [-0.3, -0.25) is 0 Å². The molecule has 0 radical (unpaired) electrons. The van der Waals surface area contributed by atoms with Crippen molar-refractivity contribution in [3.8, 4) is 11.7 Å². The summed E-state index contributed by atoms with van der Waals surface area (Å²) in [6.07, 6.45) is 3.14. The van der Waals surface area contributed by atoms with Gasteiger partial charge in [0.2, 0.25) is 0 Å². The number of hydrogen-bond donors (Lipinski definition) is 0. The summed E-state index contributed by atoms with van der Waals surface area (Å²) in [7, 11) is 0. The van der Waals surface area contributed by atoms with E-state index in [0.29, 0.717) is 17.9 Å².